The third kappa shape index (κ3) is 3.50. The van der Waals surface area contributed by atoms with Gasteiger partial charge in [0.05, 0.1) is 10.4 Å². The first-order valence-electron chi connectivity index (χ1n) is 7.47. The molecule has 2 atom stereocenters. The summed E-state index contributed by atoms with van der Waals surface area (Å²) < 4.78 is 7.01. The Balaban J connectivity index is 1.84. The van der Waals surface area contributed by atoms with Crippen LogP contribution in [0.4, 0.5) is 0 Å². The Morgan fingerprint density at radius 3 is 2.95 bits per heavy atom. The van der Waals surface area contributed by atoms with Crippen molar-refractivity contribution in [3.05, 3.63) is 50.6 Å². The summed E-state index contributed by atoms with van der Waals surface area (Å²) in [5.74, 6) is 1.58. The van der Waals surface area contributed by atoms with E-state index in [2.05, 4.69) is 64.6 Å². The van der Waals surface area contributed by atoms with E-state index in [0.29, 0.717) is 12.0 Å². The van der Waals surface area contributed by atoms with Gasteiger partial charge in [0.15, 0.2) is 0 Å². The van der Waals surface area contributed by atoms with Gasteiger partial charge in [-0.2, -0.15) is 0 Å². The van der Waals surface area contributed by atoms with E-state index in [9.17, 15) is 0 Å². The molecule has 0 radical (unpaired) electrons. The van der Waals surface area contributed by atoms with Crippen LogP contribution in [-0.2, 0) is 6.42 Å². The van der Waals surface area contributed by atoms with Gasteiger partial charge in [-0.05, 0) is 59.1 Å². The maximum atomic E-state index is 5.80. The number of rotatable bonds is 5. The maximum absolute atomic E-state index is 5.80. The smallest absolute Gasteiger partial charge is 0.122 e. The fourth-order valence-corrected chi connectivity index (χ4v) is 4.63. The van der Waals surface area contributed by atoms with Gasteiger partial charge in [0.2, 0.25) is 0 Å². The highest BCUT2D eigenvalue weighted by Crippen LogP contribution is 2.37. The highest BCUT2D eigenvalue weighted by atomic mass is 79.9. The van der Waals surface area contributed by atoms with E-state index < -0.39 is 0 Å². The number of fused-ring (bicyclic) bond motifs is 1. The second-order valence-corrected chi connectivity index (χ2v) is 7.90. The summed E-state index contributed by atoms with van der Waals surface area (Å²) >= 11 is 5.39. The van der Waals surface area contributed by atoms with E-state index in [0.717, 1.165) is 31.7 Å². The molecule has 4 heteroatoms. The van der Waals surface area contributed by atoms with Gasteiger partial charge < -0.3 is 10.1 Å². The summed E-state index contributed by atoms with van der Waals surface area (Å²) in [5, 5.41) is 3.69. The number of benzene rings is 1. The van der Waals surface area contributed by atoms with Gasteiger partial charge in [0.25, 0.3) is 0 Å². The highest BCUT2D eigenvalue weighted by Gasteiger charge is 2.28. The quantitative estimate of drug-likeness (QED) is 0.835. The molecular formula is C17H20BrNOS. The molecule has 2 nitrogen and oxygen atoms in total. The summed E-state index contributed by atoms with van der Waals surface area (Å²) in [7, 11) is 0. The van der Waals surface area contributed by atoms with Crippen molar-refractivity contribution >= 4 is 27.3 Å². The number of hydrogen-bond donors (Lipinski definition) is 1. The monoisotopic (exact) mass is 365 g/mol. The van der Waals surface area contributed by atoms with Gasteiger partial charge >= 0.3 is 0 Å². The normalized spacial score (nSPS) is 18.9. The molecule has 1 N–H and O–H groups in total. The van der Waals surface area contributed by atoms with Crippen LogP contribution < -0.4 is 10.1 Å². The molecule has 3 rings (SSSR count). The van der Waals surface area contributed by atoms with Crippen molar-refractivity contribution in [3.8, 4) is 5.75 Å². The van der Waals surface area contributed by atoms with E-state index in [-0.39, 0.29) is 0 Å². The van der Waals surface area contributed by atoms with Gasteiger partial charge in [0, 0.05) is 16.8 Å². The first-order chi connectivity index (χ1) is 10.3. The van der Waals surface area contributed by atoms with Crippen molar-refractivity contribution in [1.82, 2.24) is 5.32 Å². The Kier molecular flexibility index (Phi) is 4.99. The molecule has 1 aliphatic rings. The molecule has 21 heavy (non-hydrogen) atoms. The lowest BCUT2D eigenvalue weighted by Gasteiger charge is -2.32. The lowest BCUT2D eigenvalue weighted by molar-refractivity contribution is 0.245. The van der Waals surface area contributed by atoms with Crippen molar-refractivity contribution in [2.24, 2.45) is 0 Å². The number of likely N-dealkylation sites (N-methyl/N-ethyl adjacent to an activating group) is 1. The minimum absolute atomic E-state index is 0.464. The zero-order chi connectivity index (χ0) is 14.7. The predicted molar refractivity (Wildman–Crippen MR) is 92.5 cm³/mol. The maximum Gasteiger partial charge on any atom is 0.122 e. The summed E-state index contributed by atoms with van der Waals surface area (Å²) in [5.41, 5.74) is 1.35. The Morgan fingerprint density at radius 2 is 2.19 bits per heavy atom. The minimum atomic E-state index is 0.464. The molecule has 0 saturated heterocycles. The van der Waals surface area contributed by atoms with Crippen molar-refractivity contribution in [2.75, 3.05) is 13.2 Å². The second kappa shape index (κ2) is 6.95. The fourth-order valence-electron chi connectivity index (χ4n) is 3.08. The Morgan fingerprint density at radius 1 is 1.33 bits per heavy atom. The summed E-state index contributed by atoms with van der Waals surface area (Å²) in [6.45, 7) is 4.00. The van der Waals surface area contributed by atoms with Crippen molar-refractivity contribution in [2.45, 2.75) is 31.7 Å². The number of ether oxygens (including phenoxy) is 1. The van der Waals surface area contributed by atoms with Crippen molar-refractivity contribution < 1.29 is 4.74 Å². The van der Waals surface area contributed by atoms with Gasteiger partial charge in [0.1, 0.15) is 5.75 Å². The number of para-hydroxylation sites is 1. The largest absolute Gasteiger partial charge is 0.493 e. The molecular weight excluding hydrogens is 346 g/mol. The third-order valence-electron chi connectivity index (χ3n) is 4.01. The van der Waals surface area contributed by atoms with Crippen molar-refractivity contribution in [3.63, 3.8) is 0 Å². The van der Waals surface area contributed by atoms with Crippen LogP contribution in [0.2, 0.25) is 0 Å². The van der Waals surface area contributed by atoms with E-state index in [1.807, 2.05) is 11.3 Å². The van der Waals surface area contributed by atoms with Crippen LogP contribution in [0, 0.1) is 0 Å². The zero-order valence-electron chi connectivity index (χ0n) is 12.1. The first kappa shape index (κ1) is 15.1. The molecule has 2 unspecified atom stereocenters. The van der Waals surface area contributed by atoms with E-state index in [1.54, 1.807) is 0 Å². The molecule has 0 spiro atoms. The SMILES string of the molecule is CCNC(Cc1ccc(Br)s1)C1CCOc2ccccc21. The molecule has 1 aliphatic heterocycles. The van der Waals surface area contributed by atoms with Gasteiger partial charge in [-0.3, -0.25) is 0 Å². The van der Waals surface area contributed by atoms with Gasteiger partial charge in [-0.15, -0.1) is 11.3 Å². The molecule has 1 aromatic heterocycles. The molecule has 0 amide bonds. The van der Waals surface area contributed by atoms with Crippen LogP contribution in [0.15, 0.2) is 40.2 Å². The molecule has 0 fully saturated rings. The molecule has 112 valence electrons. The van der Waals surface area contributed by atoms with E-state index in [4.69, 9.17) is 4.74 Å². The highest BCUT2D eigenvalue weighted by molar-refractivity contribution is 9.11. The zero-order valence-corrected chi connectivity index (χ0v) is 14.5. The molecule has 2 aromatic rings. The van der Waals surface area contributed by atoms with Crippen LogP contribution in [-0.4, -0.2) is 19.2 Å². The summed E-state index contributed by atoms with van der Waals surface area (Å²) in [6.07, 6.45) is 2.16. The van der Waals surface area contributed by atoms with E-state index >= 15 is 0 Å². The molecule has 0 aliphatic carbocycles. The lowest BCUT2D eigenvalue weighted by atomic mass is 9.85. The average molecular weight is 366 g/mol. The van der Waals surface area contributed by atoms with Crippen LogP contribution in [0.3, 0.4) is 0 Å². The fraction of sp³-hybridized carbons (Fsp3) is 0.412. The standard InChI is InChI=1S/C17H20BrNOS/c1-2-19-15(11-12-7-8-17(18)21-12)13-9-10-20-16-6-4-3-5-14(13)16/h3-8,13,15,19H,2,9-11H2,1H3. The number of halogens is 1. The molecule has 1 aromatic carbocycles. The van der Waals surface area contributed by atoms with Crippen molar-refractivity contribution in [1.29, 1.82) is 0 Å². The average Bonchev–Trinajstić information content (AvgIpc) is 2.91. The Bertz CT molecular complexity index is 598. The van der Waals surface area contributed by atoms with E-state index in [1.165, 1.54) is 14.2 Å². The van der Waals surface area contributed by atoms with Crippen LogP contribution in [0.5, 0.6) is 5.75 Å². The first-order valence-corrected chi connectivity index (χ1v) is 9.08. The topological polar surface area (TPSA) is 21.3 Å². The Labute approximate surface area is 138 Å². The third-order valence-corrected chi connectivity index (χ3v) is 5.65. The lowest BCUT2D eigenvalue weighted by Crippen LogP contribution is -2.38. The Hall–Kier alpha value is -0.840. The van der Waals surface area contributed by atoms with Crippen LogP contribution in [0.1, 0.15) is 29.7 Å². The second-order valence-electron chi connectivity index (χ2n) is 5.36. The van der Waals surface area contributed by atoms with Crippen LogP contribution in [0.25, 0.3) is 0 Å². The predicted octanol–water partition coefficient (Wildman–Crippen LogP) is 4.60. The minimum Gasteiger partial charge on any atom is -0.493 e. The number of thiophene rings is 1. The number of hydrogen-bond acceptors (Lipinski definition) is 3. The molecule has 2 heterocycles. The summed E-state index contributed by atoms with van der Waals surface area (Å²) in [4.78, 5) is 1.43. The molecule has 0 saturated carbocycles. The van der Waals surface area contributed by atoms with Gasteiger partial charge in [-0.25, -0.2) is 0 Å². The number of nitrogens with one attached hydrogen (secondary N) is 1. The van der Waals surface area contributed by atoms with Gasteiger partial charge in [-0.1, -0.05) is 25.1 Å². The van der Waals surface area contributed by atoms with Crippen LogP contribution >= 0.6 is 27.3 Å². The summed E-state index contributed by atoms with van der Waals surface area (Å²) in [6, 6.07) is 13.3. The molecule has 0 bridgehead atoms.